The second kappa shape index (κ2) is 0.683. The lowest BCUT2D eigenvalue weighted by Gasteiger charge is -1.93. The zero-order chi connectivity index (χ0) is 5.07. The summed E-state index contributed by atoms with van der Waals surface area (Å²) in [6, 6.07) is 0. The van der Waals surface area contributed by atoms with Crippen LogP contribution in [-0.4, -0.2) is 0 Å². The van der Waals surface area contributed by atoms with Crippen molar-refractivity contribution in [3.63, 3.8) is 0 Å². The zero-order valence-corrected chi connectivity index (χ0v) is 4.70. The van der Waals surface area contributed by atoms with E-state index in [4.69, 9.17) is 0 Å². The van der Waals surface area contributed by atoms with E-state index in [1.807, 2.05) is 0 Å². The molecule has 2 aliphatic rings. The second-order valence-electron chi connectivity index (χ2n) is 2.79. The minimum atomic E-state index is 0.722. The van der Waals surface area contributed by atoms with Gasteiger partial charge in [0, 0.05) is 0 Å². The Hall–Kier alpha value is -0.260. The van der Waals surface area contributed by atoms with E-state index < -0.39 is 0 Å². The van der Waals surface area contributed by atoms with Crippen LogP contribution in [0.25, 0.3) is 0 Å². The predicted octanol–water partition coefficient (Wildman–Crippen LogP) is 1.97. The third kappa shape index (κ3) is 0.206. The van der Waals surface area contributed by atoms with Crippen LogP contribution in [0.15, 0.2) is 12.2 Å². The van der Waals surface area contributed by atoms with Gasteiger partial charge in [0.25, 0.3) is 0 Å². The third-order valence-corrected chi connectivity index (χ3v) is 2.68. The summed E-state index contributed by atoms with van der Waals surface area (Å²) in [4.78, 5) is 0. The Balaban J connectivity index is 2.21. The van der Waals surface area contributed by atoms with Gasteiger partial charge in [-0.15, -0.1) is 0 Å². The van der Waals surface area contributed by atoms with Crippen molar-refractivity contribution in [1.82, 2.24) is 0 Å². The molecule has 0 aromatic heterocycles. The van der Waals surface area contributed by atoms with E-state index in [1.54, 1.807) is 0 Å². The lowest BCUT2D eigenvalue weighted by atomic mass is 10.1. The van der Waals surface area contributed by atoms with Crippen LogP contribution in [0.2, 0.25) is 0 Å². The van der Waals surface area contributed by atoms with E-state index >= 15 is 0 Å². The lowest BCUT2D eigenvalue weighted by molar-refractivity contribution is 0.697. The molecule has 7 heavy (non-hydrogen) atoms. The van der Waals surface area contributed by atoms with Gasteiger partial charge in [-0.1, -0.05) is 19.1 Å². The summed E-state index contributed by atoms with van der Waals surface area (Å²) in [7, 11) is 0. The first-order valence-electron chi connectivity index (χ1n) is 3.00. The average molecular weight is 94.2 g/mol. The van der Waals surface area contributed by atoms with E-state index in [2.05, 4.69) is 13.5 Å². The second-order valence-corrected chi connectivity index (χ2v) is 2.79. The van der Waals surface area contributed by atoms with Crippen molar-refractivity contribution in [3.8, 4) is 0 Å². The Bertz CT molecular complexity index is 135. The van der Waals surface area contributed by atoms with Gasteiger partial charge >= 0.3 is 0 Å². The maximum absolute atomic E-state index is 3.94. The summed E-state index contributed by atoms with van der Waals surface area (Å²) < 4.78 is 0. The Kier molecular flexibility index (Phi) is 0.362. The zero-order valence-electron chi connectivity index (χ0n) is 4.70. The topological polar surface area (TPSA) is 0 Å². The minimum Gasteiger partial charge on any atom is -0.0990 e. The number of allylic oxidation sites excluding steroid dienone is 1. The van der Waals surface area contributed by atoms with Crippen LogP contribution in [-0.2, 0) is 0 Å². The van der Waals surface area contributed by atoms with Crippen molar-refractivity contribution in [2.45, 2.75) is 19.8 Å². The third-order valence-electron chi connectivity index (χ3n) is 2.68. The summed E-state index contributed by atoms with van der Waals surface area (Å²) in [5.41, 5.74) is 2.26. The molecule has 2 saturated carbocycles. The maximum atomic E-state index is 3.94. The van der Waals surface area contributed by atoms with E-state index in [1.165, 1.54) is 18.4 Å². The van der Waals surface area contributed by atoms with Gasteiger partial charge in [-0.2, -0.15) is 0 Å². The summed E-state index contributed by atoms with van der Waals surface area (Å²) in [5.74, 6) is 0.984. The molecule has 2 fully saturated rings. The van der Waals surface area contributed by atoms with E-state index in [0.29, 0.717) is 0 Å². The molecule has 2 aliphatic carbocycles. The molecule has 0 radical (unpaired) electrons. The molecule has 0 spiro atoms. The highest BCUT2D eigenvalue weighted by atomic mass is 14.7. The normalized spacial score (nSPS) is 53.9. The number of hydrogen-bond acceptors (Lipinski definition) is 0. The van der Waals surface area contributed by atoms with Crippen LogP contribution in [0.1, 0.15) is 19.8 Å². The average Bonchev–Trinajstić information content (AvgIpc) is 2.49. The van der Waals surface area contributed by atoms with Gasteiger partial charge in [-0.3, -0.25) is 0 Å². The summed E-state index contributed by atoms with van der Waals surface area (Å²) in [6.45, 7) is 6.20. The molecule has 0 N–H and O–H groups in total. The van der Waals surface area contributed by atoms with Crippen molar-refractivity contribution in [2.24, 2.45) is 11.3 Å². The number of rotatable bonds is 1. The molecule has 0 bridgehead atoms. The Labute approximate surface area is 44.2 Å². The van der Waals surface area contributed by atoms with Gasteiger partial charge in [0.2, 0.25) is 0 Å². The van der Waals surface area contributed by atoms with E-state index in [0.717, 1.165) is 11.3 Å². The predicted molar refractivity (Wildman–Crippen MR) is 30.0 cm³/mol. The first-order chi connectivity index (χ1) is 3.31. The van der Waals surface area contributed by atoms with Crippen molar-refractivity contribution in [1.29, 1.82) is 0 Å². The van der Waals surface area contributed by atoms with Gasteiger partial charge in [-0.25, -0.2) is 0 Å². The molecule has 2 unspecified atom stereocenters. The van der Waals surface area contributed by atoms with Crippen LogP contribution in [0.4, 0.5) is 0 Å². The highest BCUT2D eigenvalue weighted by Gasteiger charge is 2.71. The fraction of sp³-hybridized carbons (Fsp3) is 0.714. The first kappa shape index (κ1) is 3.71. The van der Waals surface area contributed by atoms with Crippen molar-refractivity contribution in [2.75, 3.05) is 0 Å². The molecule has 2 rings (SSSR count). The van der Waals surface area contributed by atoms with Crippen LogP contribution >= 0.6 is 0 Å². The Morgan fingerprint density at radius 3 is 2.57 bits per heavy atom. The number of fused-ring (bicyclic) bond motifs is 1. The summed E-state index contributed by atoms with van der Waals surface area (Å²) in [6.07, 6.45) is 2.80. The van der Waals surface area contributed by atoms with Crippen molar-refractivity contribution in [3.05, 3.63) is 12.2 Å². The largest absolute Gasteiger partial charge is 0.0990 e. The van der Waals surface area contributed by atoms with Crippen LogP contribution < -0.4 is 0 Å². The molecule has 0 heteroatoms. The van der Waals surface area contributed by atoms with Crippen LogP contribution in [0.5, 0.6) is 0 Å². The van der Waals surface area contributed by atoms with Gasteiger partial charge in [0.05, 0.1) is 0 Å². The van der Waals surface area contributed by atoms with Crippen molar-refractivity contribution >= 4 is 0 Å². The van der Waals surface area contributed by atoms with Gasteiger partial charge < -0.3 is 0 Å². The lowest BCUT2D eigenvalue weighted by Crippen LogP contribution is -1.81. The standard InChI is InChI=1S/C7H10/c1-3-7-4-6(7)5(7)2/h6H,2-4H2,1H3. The summed E-state index contributed by atoms with van der Waals surface area (Å²) in [5, 5.41) is 0. The maximum Gasteiger partial charge on any atom is -0.00185 e. The molecule has 0 aromatic rings. The van der Waals surface area contributed by atoms with Crippen LogP contribution in [0, 0.1) is 11.3 Å². The van der Waals surface area contributed by atoms with E-state index in [-0.39, 0.29) is 0 Å². The molecule has 0 heterocycles. The molecule has 0 saturated heterocycles. The minimum absolute atomic E-state index is 0.722. The molecule has 2 atom stereocenters. The highest BCUT2D eigenvalue weighted by molar-refractivity contribution is 5.48. The van der Waals surface area contributed by atoms with Gasteiger partial charge in [-0.05, 0) is 24.2 Å². The molecule has 0 aromatic carbocycles. The van der Waals surface area contributed by atoms with Crippen molar-refractivity contribution < 1.29 is 0 Å². The first-order valence-corrected chi connectivity index (χ1v) is 3.00. The van der Waals surface area contributed by atoms with Crippen LogP contribution in [0.3, 0.4) is 0 Å². The smallest absolute Gasteiger partial charge is 0.00185 e. The SMILES string of the molecule is C=C1C2CC12CC. The molecular formula is C7H10. The van der Waals surface area contributed by atoms with E-state index in [9.17, 15) is 0 Å². The Morgan fingerprint density at radius 1 is 2.00 bits per heavy atom. The summed E-state index contributed by atoms with van der Waals surface area (Å²) >= 11 is 0. The van der Waals surface area contributed by atoms with Gasteiger partial charge in [0.15, 0.2) is 0 Å². The van der Waals surface area contributed by atoms with Gasteiger partial charge in [0.1, 0.15) is 0 Å². The molecule has 0 nitrogen and oxygen atoms in total. The quantitative estimate of drug-likeness (QED) is 0.436. The number of hydrogen-bond donors (Lipinski definition) is 0. The monoisotopic (exact) mass is 94.1 g/mol. The Morgan fingerprint density at radius 2 is 2.57 bits per heavy atom. The molecule has 0 amide bonds. The highest BCUT2D eigenvalue weighted by Crippen LogP contribution is 2.80. The molecule has 38 valence electrons. The fourth-order valence-corrected chi connectivity index (χ4v) is 1.62. The molecule has 0 aliphatic heterocycles. The molecular weight excluding hydrogens is 84.1 g/mol. The fourth-order valence-electron chi connectivity index (χ4n) is 1.62.